The molecule has 0 atom stereocenters. The first kappa shape index (κ1) is 15.1. The van der Waals surface area contributed by atoms with Crippen LogP contribution in [0.4, 0.5) is 11.5 Å². The van der Waals surface area contributed by atoms with Gasteiger partial charge in [0.15, 0.2) is 0 Å². The van der Waals surface area contributed by atoms with E-state index in [-0.39, 0.29) is 10.6 Å². The maximum Gasteiger partial charge on any atom is 0.275 e. The van der Waals surface area contributed by atoms with Gasteiger partial charge in [0.25, 0.3) is 5.69 Å². The van der Waals surface area contributed by atoms with Gasteiger partial charge in [-0.2, -0.15) is 0 Å². The van der Waals surface area contributed by atoms with Gasteiger partial charge in [-0.3, -0.25) is 10.1 Å². The number of rotatable bonds is 6. The summed E-state index contributed by atoms with van der Waals surface area (Å²) in [6.07, 6.45) is 7.17. The second-order valence-corrected chi connectivity index (χ2v) is 6.43. The van der Waals surface area contributed by atoms with E-state index in [9.17, 15) is 10.1 Å². The highest BCUT2D eigenvalue weighted by Crippen LogP contribution is 2.34. The molecule has 1 aromatic heterocycles. The molecular formula is C14H21N3O2S. The zero-order chi connectivity index (χ0) is 14.4. The maximum atomic E-state index is 11.0. The lowest BCUT2D eigenvalue weighted by atomic mass is 10.0. The minimum Gasteiger partial charge on any atom is -0.370 e. The average Bonchev–Trinajstić information content (AvgIpc) is 2.46. The third-order valence-corrected chi connectivity index (χ3v) is 4.65. The molecule has 1 N–H and O–H groups in total. The monoisotopic (exact) mass is 295 g/mol. The van der Waals surface area contributed by atoms with Crippen molar-refractivity contribution in [2.24, 2.45) is 0 Å². The number of nitro groups is 1. The number of aromatic nitrogens is 1. The van der Waals surface area contributed by atoms with Crippen LogP contribution >= 0.6 is 11.8 Å². The number of thioether (sulfide) groups is 1. The average molecular weight is 295 g/mol. The van der Waals surface area contributed by atoms with Crippen molar-refractivity contribution >= 4 is 23.3 Å². The Balaban J connectivity index is 2.12. The highest BCUT2D eigenvalue weighted by atomic mass is 32.2. The standard InChI is InChI=1S/C14H21N3O2S/c1-2-8-15-13-9-11(17(18)19)10-14(16-13)20-12-6-4-3-5-7-12/h9-10,12H,2-8H2,1H3,(H,15,16). The van der Waals surface area contributed by atoms with E-state index in [0.717, 1.165) is 18.0 Å². The molecule has 0 bridgehead atoms. The van der Waals surface area contributed by atoms with Crippen LogP contribution in [0.25, 0.3) is 0 Å². The smallest absolute Gasteiger partial charge is 0.275 e. The van der Waals surface area contributed by atoms with Gasteiger partial charge in [-0.05, 0) is 19.3 Å². The lowest BCUT2D eigenvalue weighted by Gasteiger charge is -2.20. The molecule has 0 unspecified atom stereocenters. The van der Waals surface area contributed by atoms with Gasteiger partial charge in [0.1, 0.15) is 10.8 Å². The molecule has 1 fully saturated rings. The third-order valence-electron chi connectivity index (χ3n) is 3.39. The Hall–Kier alpha value is -1.30. The molecule has 1 aliphatic rings. The molecule has 1 aromatic rings. The van der Waals surface area contributed by atoms with E-state index in [0.29, 0.717) is 11.1 Å². The van der Waals surface area contributed by atoms with Gasteiger partial charge >= 0.3 is 0 Å². The Morgan fingerprint density at radius 3 is 2.80 bits per heavy atom. The van der Waals surface area contributed by atoms with Crippen LogP contribution in [0.2, 0.25) is 0 Å². The summed E-state index contributed by atoms with van der Waals surface area (Å²) in [7, 11) is 0. The predicted octanol–water partition coefficient (Wildman–Crippen LogP) is 4.24. The van der Waals surface area contributed by atoms with Crippen LogP contribution in [-0.4, -0.2) is 21.7 Å². The summed E-state index contributed by atoms with van der Waals surface area (Å²) in [6, 6.07) is 3.11. The number of pyridine rings is 1. The van der Waals surface area contributed by atoms with Gasteiger partial charge in [0.05, 0.1) is 11.0 Å². The SMILES string of the molecule is CCCNc1cc([N+](=O)[O-])cc(SC2CCCCC2)n1. The fourth-order valence-corrected chi connectivity index (χ4v) is 3.61. The Labute approximate surface area is 123 Å². The molecule has 0 aliphatic heterocycles. The molecular weight excluding hydrogens is 274 g/mol. The van der Waals surface area contributed by atoms with Crippen molar-refractivity contribution in [2.75, 3.05) is 11.9 Å². The Morgan fingerprint density at radius 2 is 2.15 bits per heavy atom. The summed E-state index contributed by atoms with van der Waals surface area (Å²) in [5, 5.41) is 15.5. The second kappa shape index (κ2) is 7.47. The van der Waals surface area contributed by atoms with Crippen LogP contribution in [0.15, 0.2) is 17.2 Å². The molecule has 5 nitrogen and oxygen atoms in total. The van der Waals surface area contributed by atoms with E-state index in [1.807, 2.05) is 0 Å². The van der Waals surface area contributed by atoms with Gasteiger partial charge in [-0.15, -0.1) is 11.8 Å². The second-order valence-electron chi connectivity index (χ2n) is 5.11. The third kappa shape index (κ3) is 4.37. The van der Waals surface area contributed by atoms with Crippen molar-refractivity contribution in [3.05, 3.63) is 22.2 Å². The molecule has 110 valence electrons. The van der Waals surface area contributed by atoms with Gasteiger partial charge < -0.3 is 5.32 Å². The van der Waals surface area contributed by atoms with Crippen molar-refractivity contribution in [1.29, 1.82) is 0 Å². The largest absolute Gasteiger partial charge is 0.370 e. The normalized spacial score (nSPS) is 16.1. The molecule has 1 saturated carbocycles. The van der Waals surface area contributed by atoms with Gasteiger partial charge in [0, 0.05) is 17.9 Å². The molecule has 0 spiro atoms. The van der Waals surface area contributed by atoms with E-state index in [1.165, 1.54) is 38.2 Å². The summed E-state index contributed by atoms with van der Waals surface area (Å²) < 4.78 is 0. The minimum absolute atomic E-state index is 0.122. The molecule has 20 heavy (non-hydrogen) atoms. The van der Waals surface area contributed by atoms with E-state index < -0.39 is 0 Å². The van der Waals surface area contributed by atoms with Crippen LogP contribution in [0, 0.1) is 10.1 Å². The summed E-state index contributed by atoms with van der Waals surface area (Å²) in [5.41, 5.74) is 0.122. The van der Waals surface area contributed by atoms with Gasteiger partial charge in [-0.25, -0.2) is 4.98 Å². The number of nitrogens with one attached hydrogen (secondary N) is 1. The number of hydrogen-bond donors (Lipinski definition) is 1. The lowest BCUT2D eigenvalue weighted by Crippen LogP contribution is -2.09. The van der Waals surface area contributed by atoms with E-state index in [1.54, 1.807) is 17.8 Å². The van der Waals surface area contributed by atoms with Gasteiger partial charge in [0.2, 0.25) is 0 Å². The van der Waals surface area contributed by atoms with Crippen molar-refractivity contribution in [2.45, 2.75) is 55.7 Å². The Bertz CT molecular complexity index is 462. The van der Waals surface area contributed by atoms with Crippen LogP contribution in [0.3, 0.4) is 0 Å². The minimum atomic E-state index is -0.344. The van der Waals surface area contributed by atoms with E-state index >= 15 is 0 Å². The molecule has 2 rings (SSSR count). The summed E-state index contributed by atoms with van der Waals surface area (Å²) in [4.78, 5) is 15.2. The summed E-state index contributed by atoms with van der Waals surface area (Å²) in [5.74, 6) is 0.611. The molecule has 0 radical (unpaired) electrons. The molecule has 6 heteroatoms. The summed E-state index contributed by atoms with van der Waals surface area (Å²) >= 11 is 1.69. The fourth-order valence-electron chi connectivity index (χ4n) is 2.35. The van der Waals surface area contributed by atoms with Crippen molar-refractivity contribution in [3.63, 3.8) is 0 Å². The zero-order valence-electron chi connectivity index (χ0n) is 11.8. The van der Waals surface area contributed by atoms with Gasteiger partial charge in [-0.1, -0.05) is 26.2 Å². The number of nitrogens with zero attached hydrogens (tertiary/aromatic N) is 2. The zero-order valence-corrected chi connectivity index (χ0v) is 12.6. The van der Waals surface area contributed by atoms with Crippen molar-refractivity contribution < 1.29 is 4.92 Å². The fraction of sp³-hybridized carbons (Fsp3) is 0.643. The number of anilines is 1. The Morgan fingerprint density at radius 1 is 1.40 bits per heavy atom. The number of hydrogen-bond acceptors (Lipinski definition) is 5. The van der Waals surface area contributed by atoms with E-state index in [4.69, 9.17) is 0 Å². The summed E-state index contributed by atoms with van der Waals surface area (Å²) in [6.45, 7) is 2.84. The molecule has 1 heterocycles. The topological polar surface area (TPSA) is 68.1 Å². The quantitative estimate of drug-likeness (QED) is 0.628. The maximum absolute atomic E-state index is 11.0. The predicted molar refractivity (Wildman–Crippen MR) is 82.4 cm³/mol. The molecule has 1 aliphatic carbocycles. The molecule has 0 saturated heterocycles. The molecule has 0 amide bonds. The first-order valence-electron chi connectivity index (χ1n) is 7.26. The van der Waals surface area contributed by atoms with E-state index in [2.05, 4.69) is 17.2 Å². The van der Waals surface area contributed by atoms with Crippen molar-refractivity contribution in [1.82, 2.24) is 4.98 Å². The Kier molecular flexibility index (Phi) is 5.64. The van der Waals surface area contributed by atoms with Crippen LogP contribution in [0.5, 0.6) is 0 Å². The highest BCUT2D eigenvalue weighted by Gasteiger charge is 2.18. The van der Waals surface area contributed by atoms with Crippen LogP contribution in [0.1, 0.15) is 45.4 Å². The van der Waals surface area contributed by atoms with Crippen LogP contribution < -0.4 is 5.32 Å². The first-order valence-corrected chi connectivity index (χ1v) is 8.14. The first-order chi connectivity index (χ1) is 9.69. The van der Waals surface area contributed by atoms with Crippen LogP contribution in [-0.2, 0) is 0 Å². The highest BCUT2D eigenvalue weighted by molar-refractivity contribution is 7.99. The van der Waals surface area contributed by atoms with Crippen molar-refractivity contribution in [3.8, 4) is 0 Å². The lowest BCUT2D eigenvalue weighted by molar-refractivity contribution is -0.385. The molecule has 0 aromatic carbocycles.